The number of rotatable bonds is 1. The minimum absolute atomic E-state index is 0.192. The number of hydrogen-bond donors (Lipinski definition) is 0. The van der Waals surface area contributed by atoms with E-state index >= 15 is 0 Å². The van der Waals surface area contributed by atoms with Crippen LogP contribution in [0.1, 0.15) is 19.8 Å². The maximum atomic E-state index is 5.85. The van der Waals surface area contributed by atoms with Crippen LogP contribution < -0.4 is 0 Å². The summed E-state index contributed by atoms with van der Waals surface area (Å²) in [5.41, 5.74) is 0. The van der Waals surface area contributed by atoms with Crippen molar-refractivity contribution < 1.29 is 0 Å². The molecule has 0 bridgehead atoms. The van der Waals surface area contributed by atoms with Crippen LogP contribution in [0.15, 0.2) is 12.2 Å². The van der Waals surface area contributed by atoms with E-state index in [1.807, 2.05) is 0 Å². The van der Waals surface area contributed by atoms with Crippen LogP contribution in [0.25, 0.3) is 0 Å². The molecule has 0 nitrogen and oxygen atoms in total. The van der Waals surface area contributed by atoms with E-state index in [9.17, 15) is 0 Å². The summed E-state index contributed by atoms with van der Waals surface area (Å²) in [4.78, 5) is 0. The predicted octanol–water partition coefficient (Wildman–Crippen LogP) is 1.89. The van der Waals surface area contributed by atoms with Crippen LogP contribution in [-0.4, -0.2) is 15.7 Å². The molecule has 1 aliphatic rings. The molecule has 0 aromatic rings. The van der Waals surface area contributed by atoms with E-state index in [1.165, 1.54) is 0 Å². The third-order valence-corrected chi connectivity index (χ3v) is 2.17. The lowest BCUT2D eigenvalue weighted by Crippen LogP contribution is -2.12. The van der Waals surface area contributed by atoms with Gasteiger partial charge < -0.3 is 0 Å². The molecule has 0 aromatic heterocycles. The highest BCUT2D eigenvalue weighted by Crippen LogP contribution is 2.33. The maximum absolute atomic E-state index is 5.85. The van der Waals surface area contributed by atoms with Crippen molar-refractivity contribution in [3.63, 3.8) is 0 Å². The van der Waals surface area contributed by atoms with Crippen molar-refractivity contribution in [3.8, 4) is 0 Å². The maximum Gasteiger partial charge on any atom is 0.0754 e. The molecule has 0 heterocycles. The van der Waals surface area contributed by atoms with Crippen LogP contribution in [0.4, 0.5) is 0 Å². The van der Waals surface area contributed by atoms with E-state index in [-0.39, 0.29) is 11.6 Å². The Morgan fingerprint density at radius 1 is 1.40 bits per heavy atom. The van der Waals surface area contributed by atoms with Crippen molar-refractivity contribution in [2.24, 2.45) is 5.92 Å². The molecule has 3 atom stereocenters. The van der Waals surface area contributed by atoms with E-state index < -0.39 is 0 Å². The summed E-state index contributed by atoms with van der Waals surface area (Å²) < 4.78 is 0. The zero-order valence-corrected chi connectivity index (χ0v) is 6.46. The van der Waals surface area contributed by atoms with Gasteiger partial charge >= 0.3 is 0 Å². The van der Waals surface area contributed by atoms with E-state index in [1.54, 1.807) is 0 Å². The van der Waals surface area contributed by atoms with Gasteiger partial charge in [-0.2, -0.15) is 0 Å². The molecule has 0 saturated heterocycles. The second kappa shape index (κ2) is 3.32. The van der Waals surface area contributed by atoms with Crippen molar-refractivity contribution in [2.75, 3.05) is 0 Å². The van der Waals surface area contributed by atoms with Crippen LogP contribution in [0, 0.1) is 5.92 Å². The fourth-order valence-electron chi connectivity index (χ4n) is 1.43. The molecule has 2 heteroatoms. The van der Waals surface area contributed by atoms with E-state index in [4.69, 9.17) is 15.7 Å². The molecule has 0 amide bonds. The highest BCUT2D eigenvalue weighted by atomic mass is 14.2. The molecule has 0 saturated carbocycles. The summed E-state index contributed by atoms with van der Waals surface area (Å²) >= 11 is 0. The minimum atomic E-state index is 0.192. The monoisotopic (exact) mass is 130 g/mol. The third-order valence-electron chi connectivity index (χ3n) is 2.17. The fourth-order valence-corrected chi connectivity index (χ4v) is 1.43. The highest BCUT2D eigenvalue weighted by Gasteiger charge is 2.17. The summed E-state index contributed by atoms with van der Waals surface area (Å²) in [5.74, 6) is 1.03. The van der Waals surface area contributed by atoms with Crippen molar-refractivity contribution in [1.29, 1.82) is 0 Å². The largest absolute Gasteiger partial charge is 0.0939 e. The quantitative estimate of drug-likeness (QED) is 0.375. The van der Waals surface area contributed by atoms with E-state index in [2.05, 4.69) is 19.1 Å². The molecule has 0 fully saturated rings. The molecule has 1 aliphatic carbocycles. The van der Waals surface area contributed by atoms with Crippen molar-refractivity contribution in [2.45, 2.75) is 31.4 Å². The highest BCUT2D eigenvalue weighted by molar-refractivity contribution is 6.16. The molecule has 10 heavy (non-hydrogen) atoms. The van der Waals surface area contributed by atoms with E-state index in [0.29, 0.717) is 5.92 Å². The molecule has 0 aliphatic heterocycles. The van der Waals surface area contributed by atoms with Gasteiger partial charge in [-0.15, -0.1) is 0 Å². The average Bonchev–Trinajstić information content (AvgIpc) is 1.88. The Hall–Kier alpha value is -0.130. The second-order valence-electron chi connectivity index (χ2n) is 3.02. The molecular weight excluding hydrogens is 118 g/mol. The lowest BCUT2D eigenvalue weighted by Gasteiger charge is -2.27. The van der Waals surface area contributed by atoms with Crippen LogP contribution >= 0.6 is 0 Å². The summed E-state index contributed by atoms with van der Waals surface area (Å²) in [7, 11) is 11.5. The van der Waals surface area contributed by atoms with Gasteiger partial charge in [-0.05, 0) is 5.92 Å². The molecular formula is C8H12B2. The SMILES string of the molecule is [B]C1C=CC(CC)C([B])C1. The van der Waals surface area contributed by atoms with E-state index in [0.717, 1.165) is 12.8 Å². The summed E-state index contributed by atoms with van der Waals surface area (Å²) in [6, 6.07) is 0. The standard InChI is InChI=1S/C8H12B2/c1-2-6-3-4-7(9)5-8(6)10/h3-4,6-8H,2,5H2,1H3. The van der Waals surface area contributed by atoms with Crippen molar-refractivity contribution >= 4 is 15.7 Å². The molecule has 1 rings (SSSR count). The molecule has 0 N–H and O–H groups in total. The lowest BCUT2D eigenvalue weighted by atomic mass is 9.63. The minimum Gasteiger partial charge on any atom is -0.0939 e. The summed E-state index contributed by atoms with van der Waals surface area (Å²) in [5, 5.41) is 0. The van der Waals surface area contributed by atoms with Gasteiger partial charge in [0, 0.05) is 0 Å². The summed E-state index contributed by atoms with van der Waals surface area (Å²) in [6.45, 7) is 2.16. The van der Waals surface area contributed by atoms with Crippen LogP contribution in [0.5, 0.6) is 0 Å². The Labute approximate surface area is 65.9 Å². The van der Waals surface area contributed by atoms with Gasteiger partial charge in [0.15, 0.2) is 0 Å². The van der Waals surface area contributed by atoms with Gasteiger partial charge in [0.1, 0.15) is 0 Å². The second-order valence-corrected chi connectivity index (χ2v) is 3.02. The smallest absolute Gasteiger partial charge is 0.0754 e. The molecule has 0 aromatic carbocycles. The number of allylic oxidation sites excluding steroid dienone is 2. The molecule has 3 unspecified atom stereocenters. The Morgan fingerprint density at radius 3 is 2.60 bits per heavy atom. The molecule has 0 spiro atoms. The Bertz CT molecular complexity index is 131. The van der Waals surface area contributed by atoms with Crippen LogP contribution in [0.2, 0.25) is 11.6 Å². The third kappa shape index (κ3) is 1.68. The zero-order chi connectivity index (χ0) is 7.56. The normalized spacial score (nSPS) is 39.9. The van der Waals surface area contributed by atoms with Crippen LogP contribution in [-0.2, 0) is 0 Å². The summed E-state index contributed by atoms with van der Waals surface area (Å²) in [6.07, 6.45) is 6.29. The van der Waals surface area contributed by atoms with Gasteiger partial charge in [0.25, 0.3) is 0 Å². The Balaban J connectivity index is 2.53. The van der Waals surface area contributed by atoms with Crippen molar-refractivity contribution in [3.05, 3.63) is 12.2 Å². The van der Waals surface area contributed by atoms with Gasteiger partial charge in [0.05, 0.1) is 15.7 Å². The van der Waals surface area contributed by atoms with Crippen molar-refractivity contribution in [1.82, 2.24) is 0 Å². The topological polar surface area (TPSA) is 0 Å². The lowest BCUT2D eigenvalue weighted by molar-refractivity contribution is 0.526. The Kier molecular flexibility index (Phi) is 2.64. The fraction of sp³-hybridized carbons (Fsp3) is 0.750. The first kappa shape index (κ1) is 7.97. The van der Waals surface area contributed by atoms with Gasteiger partial charge in [-0.3, -0.25) is 0 Å². The molecule has 50 valence electrons. The molecule has 4 radical (unpaired) electrons. The van der Waals surface area contributed by atoms with Gasteiger partial charge in [0.2, 0.25) is 0 Å². The number of hydrogen-bond acceptors (Lipinski definition) is 0. The first-order valence-corrected chi connectivity index (χ1v) is 3.93. The van der Waals surface area contributed by atoms with Crippen LogP contribution in [0.3, 0.4) is 0 Å². The zero-order valence-electron chi connectivity index (χ0n) is 6.46. The first-order valence-electron chi connectivity index (χ1n) is 3.93. The van der Waals surface area contributed by atoms with Gasteiger partial charge in [-0.1, -0.05) is 43.6 Å². The van der Waals surface area contributed by atoms with Gasteiger partial charge in [-0.25, -0.2) is 0 Å². The Morgan fingerprint density at radius 2 is 2.10 bits per heavy atom. The average molecular weight is 130 g/mol. The predicted molar refractivity (Wildman–Crippen MR) is 46.5 cm³/mol. The first-order chi connectivity index (χ1) is 4.74.